The van der Waals surface area contributed by atoms with Gasteiger partial charge in [-0.3, -0.25) is 4.79 Å². The van der Waals surface area contributed by atoms with Gasteiger partial charge in [-0.1, -0.05) is 0 Å². The number of alkyl halides is 3. The van der Waals surface area contributed by atoms with E-state index in [0.29, 0.717) is 46.5 Å². The van der Waals surface area contributed by atoms with Gasteiger partial charge in [0.1, 0.15) is 11.5 Å². The third kappa shape index (κ3) is 3.94. The van der Waals surface area contributed by atoms with Crippen LogP contribution in [0.15, 0.2) is 24.5 Å². The molecule has 9 heteroatoms. The van der Waals surface area contributed by atoms with Crippen molar-refractivity contribution in [3.63, 3.8) is 0 Å². The highest BCUT2D eigenvalue weighted by molar-refractivity contribution is 5.98. The van der Waals surface area contributed by atoms with Gasteiger partial charge in [0.05, 0.1) is 24.0 Å². The molecule has 1 aliphatic rings. The molecule has 0 saturated heterocycles. The molecule has 1 aliphatic carbocycles. The number of hydrogen-bond donors (Lipinski definition) is 1. The Hall–Kier alpha value is -2.97. The third-order valence-electron chi connectivity index (χ3n) is 4.84. The highest BCUT2D eigenvalue weighted by atomic mass is 19.3. The molecular weight excluding hydrogens is 383 g/mol. The molecule has 0 bridgehead atoms. The van der Waals surface area contributed by atoms with Crippen LogP contribution < -0.4 is 5.32 Å². The third-order valence-corrected chi connectivity index (χ3v) is 4.84. The van der Waals surface area contributed by atoms with Crippen molar-refractivity contribution < 1.29 is 18.0 Å². The Morgan fingerprint density at radius 3 is 2.66 bits per heavy atom. The van der Waals surface area contributed by atoms with Gasteiger partial charge >= 0.3 is 5.92 Å². The summed E-state index contributed by atoms with van der Waals surface area (Å²) >= 11 is 0. The monoisotopic (exact) mass is 403 g/mol. The molecule has 0 aromatic carbocycles. The zero-order valence-electron chi connectivity index (χ0n) is 16.3. The maximum absolute atomic E-state index is 14.4. The molecule has 0 unspecified atom stereocenters. The van der Waals surface area contributed by atoms with Crippen LogP contribution in [0.4, 0.5) is 19.0 Å². The van der Waals surface area contributed by atoms with E-state index in [9.17, 15) is 18.0 Å². The average Bonchev–Trinajstić information content (AvgIpc) is 3.23. The molecule has 0 aliphatic heterocycles. The average molecular weight is 403 g/mol. The Morgan fingerprint density at radius 2 is 2.03 bits per heavy atom. The molecule has 0 spiro atoms. The summed E-state index contributed by atoms with van der Waals surface area (Å²) in [6, 6.07) is 3.25. The molecule has 1 saturated carbocycles. The van der Waals surface area contributed by atoms with Crippen LogP contribution in [0.2, 0.25) is 0 Å². The number of amides is 1. The molecule has 4 rings (SSSR count). The Morgan fingerprint density at radius 1 is 1.31 bits per heavy atom. The first-order valence-corrected chi connectivity index (χ1v) is 9.24. The van der Waals surface area contributed by atoms with Crippen LogP contribution in [0.1, 0.15) is 38.2 Å². The van der Waals surface area contributed by atoms with Gasteiger partial charge in [-0.25, -0.2) is 19.3 Å². The smallest absolute Gasteiger partial charge is 0.303 e. The number of carbonyl (C=O) groups excluding carboxylic acids is 1. The van der Waals surface area contributed by atoms with Gasteiger partial charge in [-0.2, -0.15) is 8.78 Å². The molecule has 6 nitrogen and oxygen atoms in total. The predicted molar refractivity (Wildman–Crippen MR) is 102 cm³/mol. The number of aromatic nitrogens is 4. The second-order valence-electron chi connectivity index (χ2n) is 7.70. The van der Waals surface area contributed by atoms with Crippen molar-refractivity contribution in [3.8, 4) is 11.3 Å². The minimum Gasteiger partial charge on any atom is -0.342 e. The molecule has 0 radical (unpaired) electrons. The number of anilines is 1. The lowest BCUT2D eigenvalue weighted by Crippen LogP contribution is -2.14. The van der Waals surface area contributed by atoms with Gasteiger partial charge in [0, 0.05) is 36.7 Å². The van der Waals surface area contributed by atoms with Gasteiger partial charge in [0.2, 0.25) is 5.91 Å². The van der Waals surface area contributed by atoms with Crippen LogP contribution in [0.25, 0.3) is 22.2 Å². The Labute approximate surface area is 165 Å². The summed E-state index contributed by atoms with van der Waals surface area (Å²) < 4.78 is 43.9. The molecule has 0 atom stereocenters. The van der Waals surface area contributed by atoms with Gasteiger partial charge < -0.3 is 9.88 Å². The zero-order valence-corrected chi connectivity index (χ0v) is 16.3. The molecule has 29 heavy (non-hydrogen) atoms. The zero-order chi connectivity index (χ0) is 21.0. The molecular formula is C20H20F3N5O. The van der Waals surface area contributed by atoms with Crippen molar-refractivity contribution in [2.24, 2.45) is 0 Å². The molecule has 3 aromatic heterocycles. The second kappa shape index (κ2) is 6.53. The first-order valence-electron chi connectivity index (χ1n) is 9.24. The molecule has 1 amide bonds. The summed E-state index contributed by atoms with van der Waals surface area (Å²) in [7, 11) is 0. The molecule has 3 aromatic rings. The SMILES string of the molecule is CC(=O)Nc1cc2c(-c3cc(C)nc(C(C)(F)F)n3)cn(CC3(F)CC3)c2cn1. The first kappa shape index (κ1) is 19.4. The van der Waals surface area contributed by atoms with Crippen LogP contribution >= 0.6 is 0 Å². The summed E-state index contributed by atoms with van der Waals surface area (Å²) in [5.41, 5.74) is 0.630. The van der Waals surface area contributed by atoms with Crippen LogP contribution in [-0.2, 0) is 17.3 Å². The quantitative estimate of drug-likeness (QED) is 0.687. The first-order chi connectivity index (χ1) is 13.5. The fraction of sp³-hybridized carbons (Fsp3) is 0.400. The van der Waals surface area contributed by atoms with E-state index in [2.05, 4.69) is 20.3 Å². The Balaban J connectivity index is 1.90. The van der Waals surface area contributed by atoms with Gasteiger partial charge in [0.15, 0.2) is 5.82 Å². The number of pyridine rings is 1. The fourth-order valence-corrected chi connectivity index (χ4v) is 3.27. The van der Waals surface area contributed by atoms with Crippen LogP contribution in [-0.4, -0.2) is 31.1 Å². The van der Waals surface area contributed by atoms with E-state index in [1.165, 1.54) is 6.92 Å². The lowest BCUT2D eigenvalue weighted by atomic mass is 10.1. The predicted octanol–water partition coefficient (Wildman–Crippen LogP) is 4.37. The highest BCUT2D eigenvalue weighted by Gasteiger charge is 2.43. The lowest BCUT2D eigenvalue weighted by Gasteiger charge is -2.11. The van der Waals surface area contributed by atoms with E-state index < -0.39 is 17.4 Å². The van der Waals surface area contributed by atoms with E-state index in [0.717, 1.165) is 6.92 Å². The summed E-state index contributed by atoms with van der Waals surface area (Å²) in [5.74, 6) is -3.74. The van der Waals surface area contributed by atoms with E-state index in [1.807, 2.05) is 0 Å². The largest absolute Gasteiger partial charge is 0.342 e. The Bertz CT molecular complexity index is 1120. The Kier molecular flexibility index (Phi) is 4.36. The number of aryl methyl sites for hydroxylation is 1. The van der Waals surface area contributed by atoms with Gasteiger partial charge in [-0.15, -0.1) is 0 Å². The van der Waals surface area contributed by atoms with Crippen molar-refractivity contribution >= 4 is 22.6 Å². The maximum Gasteiger partial charge on any atom is 0.303 e. The molecule has 152 valence electrons. The van der Waals surface area contributed by atoms with Gasteiger partial charge in [0.25, 0.3) is 0 Å². The number of hydrogen-bond acceptors (Lipinski definition) is 4. The van der Waals surface area contributed by atoms with Crippen molar-refractivity contribution in [2.75, 3.05) is 5.32 Å². The van der Waals surface area contributed by atoms with Crippen LogP contribution in [0, 0.1) is 6.92 Å². The van der Waals surface area contributed by atoms with E-state index in [4.69, 9.17) is 0 Å². The topological polar surface area (TPSA) is 72.7 Å². The van der Waals surface area contributed by atoms with Crippen molar-refractivity contribution in [1.82, 2.24) is 19.5 Å². The van der Waals surface area contributed by atoms with Crippen molar-refractivity contribution in [3.05, 3.63) is 36.0 Å². The fourth-order valence-electron chi connectivity index (χ4n) is 3.27. The number of carbonyl (C=O) groups is 1. The van der Waals surface area contributed by atoms with Gasteiger partial charge in [-0.05, 0) is 31.9 Å². The lowest BCUT2D eigenvalue weighted by molar-refractivity contribution is -0.114. The van der Waals surface area contributed by atoms with E-state index in [-0.39, 0.29) is 12.5 Å². The number of rotatable bonds is 5. The number of nitrogens with one attached hydrogen (secondary N) is 1. The minimum absolute atomic E-state index is 0.144. The van der Waals surface area contributed by atoms with E-state index in [1.54, 1.807) is 36.0 Å². The summed E-state index contributed by atoms with van der Waals surface area (Å²) in [4.78, 5) is 23.5. The van der Waals surface area contributed by atoms with Crippen LogP contribution in [0.5, 0.6) is 0 Å². The normalized spacial score (nSPS) is 15.5. The number of nitrogens with zero attached hydrogens (tertiary/aromatic N) is 4. The van der Waals surface area contributed by atoms with Crippen molar-refractivity contribution in [2.45, 2.75) is 51.7 Å². The van der Waals surface area contributed by atoms with Crippen molar-refractivity contribution in [1.29, 1.82) is 0 Å². The second-order valence-corrected chi connectivity index (χ2v) is 7.70. The minimum atomic E-state index is -3.20. The summed E-state index contributed by atoms with van der Waals surface area (Å²) in [5, 5.41) is 3.24. The number of halogens is 3. The van der Waals surface area contributed by atoms with E-state index >= 15 is 0 Å². The van der Waals surface area contributed by atoms with Crippen LogP contribution in [0.3, 0.4) is 0 Å². The maximum atomic E-state index is 14.4. The standard InChI is InChI=1S/C20H20F3N5O/c1-11-6-15(27-18(25-11)19(3,21)22)14-9-28(10-20(23)4-5-20)16-8-24-17(7-13(14)16)26-12(2)29/h6-9H,4-5,10H2,1-3H3,(H,24,26,29). The summed E-state index contributed by atoms with van der Waals surface area (Å²) in [6.45, 7) is 3.87. The summed E-state index contributed by atoms with van der Waals surface area (Å²) in [6.07, 6.45) is 4.21. The molecule has 1 fully saturated rings. The molecule has 1 N–H and O–H groups in total. The molecule has 3 heterocycles. The number of fused-ring (bicyclic) bond motifs is 1. The highest BCUT2D eigenvalue weighted by Crippen LogP contribution is 2.43.